The fourth-order valence-electron chi connectivity index (χ4n) is 3.78. The van der Waals surface area contributed by atoms with Crippen molar-refractivity contribution in [1.82, 2.24) is 4.98 Å². The van der Waals surface area contributed by atoms with E-state index in [-0.39, 0.29) is 28.8 Å². The Morgan fingerprint density at radius 2 is 1.89 bits per heavy atom. The van der Waals surface area contributed by atoms with Gasteiger partial charge in [-0.3, -0.25) is 4.98 Å². The van der Waals surface area contributed by atoms with Gasteiger partial charge in [0.2, 0.25) is 0 Å². The monoisotopic (exact) mass is 396 g/mol. The fourth-order valence-corrected chi connectivity index (χ4v) is 3.78. The molecule has 150 valence electrons. The molecular weight excluding hydrogens is 377 g/mol. The first-order valence-corrected chi connectivity index (χ1v) is 9.12. The summed E-state index contributed by atoms with van der Waals surface area (Å²) >= 11 is 0. The summed E-state index contributed by atoms with van der Waals surface area (Å²) in [6.07, 6.45) is 2.18. The van der Waals surface area contributed by atoms with Crippen molar-refractivity contribution < 1.29 is 32.2 Å². The first-order valence-electron chi connectivity index (χ1n) is 9.12. The van der Waals surface area contributed by atoms with Gasteiger partial charge in [0.25, 0.3) is 0 Å². The second-order valence-corrected chi connectivity index (χ2v) is 6.72. The molecule has 3 heterocycles. The number of fused-ring (bicyclic) bond motifs is 1. The number of benzene rings is 1. The molecule has 2 aliphatic rings. The molecule has 0 N–H and O–H groups in total. The molecule has 6 nitrogen and oxygen atoms in total. The van der Waals surface area contributed by atoms with E-state index < -0.39 is 29.2 Å². The lowest BCUT2D eigenvalue weighted by atomic mass is 10.00. The number of hydrogen-bond donors (Lipinski definition) is 0. The molecule has 0 bridgehead atoms. The van der Waals surface area contributed by atoms with Gasteiger partial charge in [0.1, 0.15) is 11.1 Å². The van der Waals surface area contributed by atoms with Crippen LogP contribution in [0.1, 0.15) is 30.1 Å². The Morgan fingerprint density at radius 3 is 2.54 bits per heavy atom. The number of pyridine rings is 1. The number of halogens is 3. The maximum absolute atomic E-state index is 14.3. The average Bonchev–Trinajstić information content (AvgIpc) is 3.14. The first kappa shape index (κ1) is 18.9. The van der Waals surface area contributed by atoms with Crippen LogP contribution in [0.25, 0.3) is 10.9 Å². The van der Waals surface area contributed by atoms with Crippen molar-refractivity contribution in [3.05, 3.63) is 35.3 Å². The number of rotatable bonds is 3. The van der Waals surface area contributed by atoms with Crippen molar-refractivity contribution in [2.45, 2.75) is 25.6 Å². The van der Waals surface area contributed by atoms with Gasteiger partial charge in [-0.05, 0) is 13.0 Å². The zero-order valence-electron chi connectivity index (χ0n) is 15.3. The van der Waals surface area contributed by atoms with E-state index in [1.165, 1.54) is 0 Å². The highest BCUT2D eigenvalue weighted by Crippen LogP contribution is 2.38. The van der Waals surface area contributed by atoms with Crippen LogP contribution in [0.2, 0.25) is 0 Å². The molecule has 0 atom stereocenters. The molecule has 2 aromatic rings. The molecule has 2 fully saturated rings. The van der Waals surface area contributed by atoms with Crippen LogP contribution in [0.4, 0.5) is 18.9 Å². The number of carbonyl (C=O) groups is 1. The van der Waals surface area contributed by atoms with Gasteiger partial charge in [-0.1, -0.05) is 0 Å². The lowest BCUT2D eigenvalue weighted by Gasteiger charge is -2.39. The van der Waals surface area contributed by atoms with Gasteiger partial charge in [-0.15, -0.1) is 0 Å². The van der Waals surface area contributed by atoms with Crippen LogP contribution in [0.15, 0.2) is 12.3 Å². The highest BCUT2D eigenvalue weighted by Gasteiger charge is 2.41. The van der Waals surface area contributed by atoms with Crippen molar-refractivity contribution in [3.8, 4) is 0 Å². The zero-order valence-corrected chi connectivity index (χ0v) is 15.3. The quantitative estimate of drug-likeness (QED) is 0.587. The fraction of sp³-hybridized carbons (Fsp3) is 0.474. The minimum atomic E-state index is -1.60. The van der Waals surface area contributed by atoms with Gasteiger partial charge in [-0.25, -0.2) is 18.0 Å². The molecule has 2 aliphatic heterocycles. The number of ether oxygens (including phenoxy) is 3. The molecule has 4 rings (SSSR count). The lowest BCUT2D eigenvalue weighted by Crippen LogP contribution is -2.45. The third kappa shape index (κ3) is 3.08. The van der Waals surface area contributed by atoms with Gasteiger partial charge in [0.15, 0.2) is 23.2 Å². The predicted octanol–water partition coefficient (Wildman–Crippen LogP) is 3.17. The minimum absolute atomic E-state index is 0.0196. The van der Waals surface area contributed by atoms with Crippen LogP contribution in [-0.4, -0.2) is 49.7 Å². The molecule has 1 aromatic heterocycles. The van der Waals surface area contributed by atoms with E-state index in [2.05, 4.69) is 4.98 Å². The molecule has 0 unspecified atom stereocenters. The number of hydrogen-bond acceptors (Lipinski definition) is 6. The molecule has 0 saturated carbocycles. The maximum Gasteiger partial charge on any atom is 0.341 e. The van der Waals surface area contributed by atoms with E-state index in [1.807, 2.05) is 4.90 Å². The summed E-state index contributed by atoms with van der Waals surface area (Å²) in [4.78, 5) is 18.1. The summed E-state index contributed by atoms with van der Waals surface area (Å²) in [6, 6.07) is 0.867. The Labute approximate surface area is 159 Å². The van der Waals surface area contributed by atoms with E-state index in [9.17, 15) is 18.0 Å². The molecule has 1 spiro atoms. The summed E-state index contributed by atoms with van der Waals surface area (Å²) in [5, 5.41) is 0.0196. The van der Waals surface area contributed by atoms with E-state index in [4.69, 9.17) is 14.2 Å². The number of carbonyl (C=O) groups excluding carboxylic acids is 1. The normalized spacial score (nSPS) is 18.8. The second-order valence-electron chi connectivity index (χ2n) is 6.72. The van der Waals surface area contributed by atoms with Crippen molar-refractivity contribution in [2.24, 2.45) is 0 Å². The lowest BCUT2D eigenvalue weighted by molar-refractivity contribution is -0.169. The van der Waals surface area contributed by atoms with Crippen LogP contribution in [0.3, 0.4) is 0 Å². The number of anilines is 1. The average molecular weight is 396 g/mol. The Balaban J connectivity index is 1.81. The summed E-state index contributed by atoms with van der Waals surface area (Å²) < 4.78 is 58.4. The van der Waals surface area contributed by atoms with Crippen molar-refractivity contribution >= 4 is 22.6 Å². The van der Waals surface area contributed by atoms with E-state index in [0.29, 0.717) is 39.1 Å². The zero-order chi connectivity index (χ0) is 19.9. The topological polar surface area (TPSA) is 60.9 Å². The largest absolute Gasteiger partial charge is 0.462 e. The molecule has 0 amide bonds. The number of aromatic nitrogens is 1. The van der Waals surface area contributed by atoms with Gasteiger partial charge >= 0.3 is 5.97 Å². The van der Waals surface area contributed by atoms with Gasteiger partial charge < -0.3 is 19.1 Å². The standard InChI is InChI=1S/C19H19F3N2O4/c1-2-26-18(25)12-10-23-16-11(9-13(20)14(21)15(16)22)17(12)24-5-3-19(4-6-24)27-7-8-28-19/h9-10H,2-8H2,1H3. The van der Waals surface area contributed by atoms with Crippen molar-refractivity contribution in [2.75, 3.05) is 37.8 Å². The second kappa shape index (κ2) is 7.21. The summed E-state index contributed by atoms with van der Waals surface area (Å²) in [6.45, 7) is 3.66. The van der Waals surface area contributed by atoms with E-state index >= 15 is 0 Å². The Bertz CT molecular complexity index is 921. The van der Waals surface area contributed by atoms with Crippen LogP contribution < -0.4 is 4.90 Å². The number of piperidine rings is 1. The maximum atomic E-state index is 14.3. The van der Waals surface area contributed by atoms with Gasteiger partial charge in [0, 0.05) is 37.5 Å². The molecule has 28 heavy (non-hydrogen) atoms. The van der Waals surface area contributed by atoms with Crippen LogP contribution in [-0.2, 0) is 14.2 Å². The van der Waals surface area contributed by atoms with Crippen LogP contribution >= 0.6 is 0 Å². The first-order chi connectivity index (χ1) is 13.5. The van der Waals surface area contributed by atoms with Crippen LogP contribution in [0, 0.1) is 17.5 Å². The molecule has 1 aromatic carbocycles. The smallest absolute Gasteiger partial charge is 0.341 e. The summed E-state index contributed by atoms with van der Waals surface area (Å²) in [5.74, 6) is -5.65. The molecule has 2 saturated heterocycles. The Kier molecular flexibility index (Phi) is 4.88. The molecule has 9 heteroatoms. The van der Waals surface area contributed by atoms with E-state index in [1.54, 1.807) is 6.92 Å². The number of esters is 1. The third-order valence-corrected chi connectivity index (χ3v) is 5.12. The van der Waals surface area contributed by atoms with Crippen LogP contribution in [0.5, 0.6) is 0 Å². The highest BCUT2D eigenvalue weighted by molar-refractivity contribution is 6.05. The van der Waals surface area contributed by atoms with Gasteiger partial charge in [-0.2, -0.15) is 0 Å². The molecule has 0 aliphatic carbocycles. The summed E-state index contributed by atoms with van der Waals surface area (Å²) in [5.41, 5.74) is 0.00802. The van der Waals surface area contributed by atoms with Gasteiger partial charge in [0.05, 0.1) is 25.5 Å². The molecule has 0 radical (unpaired) electrons. The van der Waals surface area contributed by atoms with Crippen molar-refractivity contribution in [3.63, 3.8) is 0 Å². The third-order valence-electron chi connectivity index (χ3n) is 5.12. The Morgan fingerprint density at radius 1 is 1.21 bits per heavy atom. The SMILES string of the molecule is CCOC(=O)c1cnc2c(F)c(F)c(F)cc2c1N1CCC2(CC1)OCCO2. The Hall–Kier alpha value is -2.39. The summed E-state index contributed by atoms with van der Waals surface area (Å²) in [7, 11) is 0. The van der Waals surface area contributed by atoms with Crippen molar-refractivity contribution in [1.29, 1.82) is 0 Å². The van der Waals surface area contributed by atoms with E-state index in [0.717, 1.165) is 12.3 Å². The molecular formula is C19H19F3N2O4. The number of nitrogens with zero attached hydrogens (tertiary/aromatic N) is 2. The highest BCUT2D eigenvalue weighted by atomic mass is 19.2. The minimum Gasteiger partial charge on any atom is -0.462 e. The predicted molar refractivity (Wildman–Crippen MR) is 93.7 cm³/mol.